The van der Waals surface area contributed by atoms with E-state index in [1.54, 1.807) is 18.2 Å². The smallest absolute Gasteiger partial charge is 0.254 e. The minimum Gasteiger partial charge on any atom is -0.504 e. The Bertz CT molecular complexity index is 361. The highest BCUT2D eigenvalue weighted by Crippen LogP contribution is 2.30. The standard InChI is InChI=1S/C11H15NO3/c1-7(2)15-9-6-4-5-8(10(9)13)11(14)12-3/h4-7,13H,1-3H3,(H,12,14). The minimum atomic E-state index is -0.332. The lowest BCUT2D eigenvalue weighted by atomic mass is 10.1. The van der Waals surface area contributed by atoms with Crippen LogP contribution in [0.15, 0.2) is 18.2 Å². The summed E-state index contributed by atoms with van der Waals surface area (Å²) in [6.07, 6.45) is -0.0455. The fraction of sp³-hybridized carbons (Fsp3) is 0.364. The Kier molecular flexibility index (Phi) is 3.55. The monoisotopic (exact) mass is 209 g/mol. The second kappa shape index (κ2) is 4.68. The molecule has 1 amide bonds. The number of benzene rings is 1. The van der Waals surface area contributed by atoms with Crippen molar-refractivity contribution in [1.29, 1.82) is 0 Å². The maximum Gasteiger partial charge on any atom is 0.254 e. The number of para-hydroxylation sites is 1. The number of hydrogen-bond donors (Lipinski definition) is 2. The van der Waals surface area contributed by atoms with Crippen molar-refractivity contribution < 1.29 is 14.6 Å². The Hall–Kier alpha value is -1.71. The molecule has 0 spiro atoms. The van der Waals surface area contributed by atoms with Crippen LogP contribution in [0.4, 0.5) is 0 Å². The molecule has 15 heavy (non-hydrogen) atoms. The summed E-state index contributed by atoms with van der Waals surface area (Å²) in [4.78, 5) is 11.3. The molecule has 0 aliphatic heterocycles. The number of phenolic OH excluding ortho intramolecular Hbond substituents is 1. The van der Waals surface area contributed by atoms with Crippen LogP contribution in [0.1, 0.15) is 24.2 Å². The fourth-order valence-corrected chi connectivity index (χ4v) is 1.19. The lowest BCUT2D eigenvalue weighted by Crippen LogP contribution is -2.18. The van der Waals surface area contributed by atoms with Crippen LogP contribution < -0.4 is 10.1 Å². The molecule has 0 unspecified atom stereocenters. The second-order valence-corrected chi connectivity index (χ2v) is 3.40. The third-order valence-electron chi connectivity index (χ3n) is 1.83. The van der Waals surface area contributed by atoms with Crippen molar-refractivity contribution in [3.05, 3.63) is 23.8 Å². The summed E-state index contributed by atoms with van der Waals surface area (Å²) in [5.41, 5.74) is 0.218. The van der Waals surface area contributed by atoms with Crippen LogP contribution in [0.2, 0.25) is 0 Å². The van der Waals surface area contributed by atoms with E-state index in [4.69, 9.17) is 4.74 Å². The van der Waals surface area contributed by atoms with Crippen LogP contribution in [-0.4, -0.2) is 24.2 Å². The van der Waals surface area contributed by atoms with E-state index in [0.29, 0.717) is 5.75 Å². The molecule has 1 aromatic rings. The Morgan fingerprint density at radius 3 is 2.67 bits per heavy atom. The number of amides is 1. The maximum atomic E-state index is 11.3. The van der Waals surface area contributed by atoms with Crippen molar-refractivity contribution in [1.82, 2.24) is 5.32 Å². The minimum absolute atomic E-state index is 0.0455. The van der Waals surface area contributed by atoms with Crippen LogP contribution in [0.3, 0.4) is 0 Å². The zero-order valence-corrected chi connectivity index (χ0v) is 9.07. The SMILES string of the molecule is CNC(=O)c1cccc(OC(C)C)c1O. The predicted molar refractivity (Wildman–Crippen MR) is 57.3 cm³/mol. The highest BCUT2D eigenvalue weighted by Gasteiger charge is 2.14. The molecule has 0 saturated heterocycles. The summed E-state index contributed by atoms with van der Waals surface area (Å²) in [7, 11) is 1.51. The van der Waals surface area contributed by atoms with Gasteiger partial charge in [0.2, 0.25) is 0 Å². The predicted octanol–water partition coefficient (Wildman–Crippen LogP) is 1.54. The number of ether oxygens (including phenoxy) is 1. The van der Waals surface area contributed by atoms with Gasteiger partial charge in [-0.25, -0.2) is 0 Å². The van der Waals surface area contributed by atoms with Crippen molar-refractivity contribution in [2.24, 2.45) is 0 Å². The molecule has 0 aliphatic carbocycles. The van der Waals surface area contributed by atoms with Crippen LogP contribution in [0.5, 0.6) is 11.5 Å². The first-order chi connectivity index (χ1) is 7.06. The molecule has 82 valence electrons. The van der Waals surface area contributed by atoms with E-state index in [2.05, 4.69) is 5.32 Å². The summed E-state index contributed by atoms with van der Waals surface area (Å²) < 4.78 is 5.35. The van der Waals surface area contributed by atoms with Crippen molar-refractivity contribution in [2.45, 2.75) is 20.0 Å². The van der Waals surface area contributed by atoms with E-state index >= 15 is 0 Å². The zero-order chi connectivity index (χ0) is 11.4. The highest BCUT2D eigenvalue weighted by molar-refractivity contribution is 5.97. The number of carbonyl (C=O) groups is 1. The summed E-state index contributed by atoms with van der Waals surface area (Å²) in [5, 5.41) is 12.2. The maximum absolute atomic E-state index is 11.3. The third kappa shape index (κ3) is 2.62. The van der Waals surface area contributed by atoms with Crippen LogP contribution in [0, 0.1) is 0 Å². The van der Waals surface area contributed by atoms with Gasteiger partial charge < -0.3 is 15.2 Å². The Labute approximate surface area is 88.9 Å². The largest absolute Gasteiger partial charge is 0.504 e. The molecular formula is C11H15NO3. The first kappa shape index (κ1) is 11.4. The van der Waals surface area contributed by atoms with Crippen molar-refractivity contribution in [3.8, 4) is 11.5 Å². The van der Waals surface area contributed by atoms with Gasteiger partial charge in [0, 0.05) is 7.05 Å². The van der Waals surface area contributed by atoms with Crippen LogP contribution >= 0.6 is 0 Å². The van der Waals surface area contributed by atoms with E-state index in [0.717, 1.165) is 0 Å². The molecule has 0 heterocycles. The average molecular weight is 209 g/mol. The van der Waals surface area contributed by atoms with Gasteiger partial charge in [0.05, 0.1) is 11.7 Å². The lowest BCUT2D eigenvalue weighted by Gasteiger charge is -2.12. The molecule has 4 heteroatoms. The second-order valence-electron chi connectivity index (χ2n) is 3.40. The van der Waals surface area contributed by atoms with Crippen molar-refractivity contribution in [3.63, 3.8) is 0 Å². The van der Waals surface area contributed by atoms with Gasteiger partial charge in [-0.05, 0) is 26.0 Å². The van der Waals surface area contributed by atoms with Gasteiger partial charge in [-0.15, -0.1) is 0 Å². The number of carbonyl (C=O) groups excluding carboxylic acids is 1. The van der Waals surface area contributed by atoms with Gasteiger partial charge in [0.25, 0.3) is 5.91 Å². The number of nitrogens with one attached hydrogen (secondary N) is 1. The molecule has 0 aromatic heterocycles. The Morgan fingerprint density at radius 1 is 1.47 bits per heavy atom. The molecular weight excluding hydrogens is 194 g/mol. The van der Waals surface area contributed by atoms with E-state index < -0.39 is 0 Å². The number of aromatic hydroxyl groups is 1. The molecule has 0 bridgehead atoms. The van der Waals surface area contributed by atoms with E-state index in [1.165, 1.54) is 7.05 Å². The summed E-state index contributed by atoms with van der Waals surface area (Å²) in [6.45, 7) is 3.71. The summed E-state index contributed by atoms with van der Waals surface area (Å²) in [6, 6.07) is 4.84. The highest BCUT2D eigenvalue weighted by atomic mass is 16.5. The lowest BCUT2D eigenvalue weighted by molar-refractivity contribution is 0.0959. The molecule has 0 aliphatic rings. The van der Waals surface area contributed by atoms with Gasteiger partial charge in [0.1, 0.15) is 0 Å². The topological polar surface area (TPSA) is 58.6 Å². The van der Waals surface area contributed by atoms with Crippen LogP contribution in [-0.2, 0) is 0 Å². The van der Waals surface area contributed by atoms with Gasteiger partial charge in [0.15, 0.2) is 11.5 Å². The molecule has 0 saturated carbocycles. The quantitative estimate of drug-likeness (QED) is 0.793. The fourth-order valence-electron chi connectivity index (χ4n) is 1.19. The normalized spacial score (nSPS) is 10.1. The summed E-state index contributed by atoms with van der Waals surface area (Å²) >= 11 is 0. The van der Waals surface area contributed by atoms with Crippen molar-refractivity contribution in [2.75, 3.05) is 7.05 Å². The van der Waals surface area contributed by atoms with Crippen LogP contribution in [0.25, 0.3) is 0 Å². The third-order valence-corrected chi connectivity index (χ3v) is 1.83. The number of rotatable bonds is 3. The van der Waals surface area contributed by atoms with Gasteiger partial charge in [-0.3, -0.25) is 4.79 Å². The van der Waals surface area contributed by atoms with Gasteiger partial charge >= 0.3 is 0 Å². The zero-order valence-electron chi connectivity index (χ0n) is 9.07. The van der Waals surface area contributed by atoms with E-state index in [9.17, 15) is 9.90 Å². The molecule has 0 atom stereocenters. The molecule has 4 nitrogen and oxygen atoms in total. The first-order valence-corrected chi connectivity index (χ1v) is 4.77. The first-order valence-electron chi connectivity index (χ1n) is 4.77. The molecule has 1 aromatic carbocycles. The van der Waals surface area contributed by atoms with E-state index in [-0.39, 0.29) is 23.3 Å². The number of phenols is 1. The van der Waals surface area contributed by atoms with Crippen molar-refractivity contribution >= 4 is 5.91 Å². The summed E-state index contributed by atoms with van der Waals surface area (Å²) in [5.74, 6) is -0.127. The van der Waals surface area contributed by atoms with E-state index in [1.807, 2.05) is 13.8 Å². The number of hydrogen-bond acceptors (Lipinski definition) is 3. The molecule has 0 fully saturated rings. The average Bonchev–Trinajstić information content (AvgIpc) is 2.19. The van der Waals surface area contributed by atoms with Gasteiger partial charge in [-0.1, -0.05) is 6.07 Å². The molecule has 1 rings (SSSR count). The van der Waals surface area contributed by atoms with Gasteiger partial charge in [-0.2, -0.15) is 0 Å². The Balaban J connectivity index is 3.05. The molecule has 0 radical (unpaired) electrons. The molecule has 2 N–H and O–H groups in total. The Morgan fingerprint density at radius 2 is 2.13 bits per heavy atom.